The summed E-state index contributed by atoms with van der Waals surface area (Å²) in [5, 5.41) is 9.35. The Kier molecular flexibility index (Phi) is 15.5. The van der Waals surface area contributed by atoms with Crippen LogP contribution < -0.4 is 15.5 Å². The number of nitrogens with zero attached hydrogens (tertiary/aromatic N) is 7. The normalized spacial score (nSPS) is 16.9. The molecule has 6 rings (SSSR count). The molecular formula is C39H47F6N9O3S. The van der Waals surface area contributed by atoms with Crippen LogP contribution in [0.1, 0.15) is 48.3 Å². The highest BCUT2D eigenvalue weighted by atomic mass is 32.2. The maximum Gasteiger partial charge on any atom is 0.419 e. The van der Waals surface area contributed by atoms with Crippen molar-refractivity contribution in [2.75, 3.05) is 63.6 Å². The molecule has 0 bridgehead atoms. The molecule has 2 saturated heterocycles. The van der Waals surface area contributed by atoms with E-state index in [0.717, 1.165) is 68.0 Å². The summed E-state index contributed by atoms with van der Waals surface area (Å²) < 4.78 is 95.8. The third-order valence-electron chi connectivity index (χ3n) is 9.69. The highest BCUT2D eigenvalue weighted by Crippen LogP contribution is 2.36. The number of aldehydes is 2. The molecule has 4 aromatic rings. The summed E-state index contributed by atoms with van der Waals surface area (Å²) in [6.45, 7) is 3.41. The van der Waals surface area contributed by atoms with Gasteiger partial charge in [-0.1, -0.05) is 24.3 Å². The highest BCUT2D eigenvalue weighted by Gasteiger charge is 2.37. The van der Waals surface area contributed by atoms with Crippen LogP contribution in [0.5, 0.6) is 0 Å². The van der Waals surface area contributed by atoms with E-state index in [1.54, 1.807) is 0 Å². The SMILES string of the molecule is CNC.O=CCCC(C=O)c1ccc(N2CCN(Cc3cccc(S(=O)N4CCC(Nc5ncc(C(F)(F)F)c(-c6cnn(CC(F)(F)F)c6)n5)CC4)c3)CC2)cc1. The third kappa shape index (κ3) is 12.4. The maximum atomic E-state index is 13.8. The Morgan fingerprint density at radius 3 is 2.24 bits per heavy atom. The van der Waals surface area contributed by atoms with Gasteiger partial charge in [-0.15, -0.1) is 0 Å². The van der Waals surface area contributed by atoms with Gasteiger partial charge in [-0.25, -0.2) is 18.5 Å². The standard InChI is InChI=1S/C37H40F6N8O3S.C2H7N/c38-36(39,40)25-50-23-29(20-45-50)34-33(37(41,42)43)21-44-35(47-34)46-30-10-12-51(13-11-30)55(54)32-5-1-3-26(19-32)22-48-14-16-49(17-15-48)31-8-6-27(7-9-31)28(24-53)4-2-18-52;1-3-2/h1,3,5-9,18-21,23-24,28,30H,2,4,10-17,22,25H2,(H,44,46,47);3H,1-2H3. The number of benzene rings is 2. The molecule has 0 amide bonds. The zero-order valence-electron chi connectivity index (χ0n) is 32.2. The fourth-order valence-electron chi connectivity index (χ4n) is 6.80. The molecule has 2 aliphatic heterocycles. The Labute approximate surface area is 335 Å². The van der Waals surface area contributed by atoms with E-state index in [1.807, 2.05) is 66.9 Å². The van der Waals surface area contributed by atoms with Gasteiger partial charge in [0.2, 0.25) is 5.95 Å². The van der Waals surface area contributed by atoms with E-state index in [4.69, 9.17) is 0 Å². The number of hydrogen-bond acceptors (Lipinski definition) is 10. The van der Waals surface area contributed by atoms with Crippen LogP contribution in [0.2, 0.25) is 0 Å². The zero-order valence-corrected chi connectivity index (χ0v) is 33.0. The molecule has 314 valence electrons. The fourth-order valence-corrected chi connectivity index (χ4v) is 8.09. The van der Waals surface area contributed by atoms with E-state index >= 15 is 0 Å². The topological polar surface area (TPSA) is 129 Å². The van der Waals surface area contributed by atoms with Gasteiger partial charge in [0.15, 0.2) is 0 Å². The van der Waals surface area contributed by atoms with Crippen LogP contribution in [0, 0.1) is 0 Å². The first kappa shape index (κ1) is 44.4. The summed E-state index contributed by atoms with van der Waals surface area (Å²) >= 11 is 0. The first-order valence-electron chi connectivity index (χ1n) is 18.8. The summed E-state index contributed by atoms with van der Waals surface area (Å²) in [5.41, 5.74) is 1.02. The van der Waals surface area contributed by atoms with Gasteiger partial charge in [0.05, 0.1) is 16.8 Å². The van der Waals surface area contributed by atoms with Crippen molar-refractivity contribution in [3.8, 4) is 11.3 Å². The van der Waals surface area contributed by atoms with Crippen LogP contribution in [0.15, 0.2) is 72.0 Å². The predicted molar refractivity (Wildman–Crippen MR) is 208 cm³/mol. The van der Waals surface area contributed by atoms with E-state index < -0.39 is 41.1 Å². The van der Waals surface area contributed by atoms with Gasteiger partial charge >= 0.3 is 12.4 Å². The van der Waals surface area contributed by atoms with E-state index in [1.165, 1.54) is 0 Å². The van der Waals surface area contributed by atoms with Crippen LogP contribution in [-0.4, -0.2) is 111 Å². The molecule has 0 aliphatic carbocycles. The lowest BCUT2D eigenvalue weighted by Gasteiger charge is -2.36. The van der Waals surface area contributed by atoms with Crippen molar-refractivity contribution in [2.45, 2.75) is 68.0 Å². The third-order valence-corrected chi connectivity index (χ3v) is 11.2. The highest BCUT2D eigenvalue weighted by molar-refractivity contribution is 7.82. The molecule has 2 aromatic heterocycles. The fraction of sp³-hybridized carbons (Fsp3) is 0.462. The maximum absolute atomic E-state index is 13.8. The number of halogens is 6. The predicted octanol–water partition coefficient (Wildman–Crippen LogP) is 5.94. The first-order valence-corrected chi connectivity index (χ1v) is 19.9. The molecule has 2 aromatic carbocycles. The van der Waals surface area contributed by atoms with Crippen molar-refractivity contribution in [1.29, 1.82) is 0 Å². The smallest absolute Gasteiger partial charge is 0.369 e. The number of aromatic nitrogens is 4. The average molecular weight is 836 g/mol. The molecule has 58 heavy (non-hydrogen) atoms. The Morgan fingerprint density at radius 1 is 0.931 bits per heavy atom. The number of anilines is 2. The van der Waals surface area contributed by atoms with E-state index in [2.05, 4.69) is 35.5 Å². The molecule has 4 heterocycles. The van der Waals surface area contributed by atoms with Crippen LogP contribution in [0.4, 0.5) is 38.0 Å². The minimum atomic E-state index is -4.85. The number of alkyl halides is 6. The molecule has 2 N–H and O–H groups in total. The zero-order chi connectivity index (χ0) is 41.9. The van der Waals surface area contributed by atoms with Gasteiger partial charge in [-0.3, -0.25) is 9.58 Å². The summed E-state index contributed by atoms with van der Waals surface area (Å²) in [6.07, 6.45) is -3.51. The Morgan fingerprint density at radius 2 is 1.62 bits per heavy atom. The molecule has 2 fully saturated rings. The van der Waals surface area contributed by atoms with Gasteiger partial charge in [0.25, 0.3) is 0 Å². The van der Waals surface area contributed by atoms with E-state index in [0.29, 0.717) is 61.1 Å². The van der Waals surface area contributed by atoms with Crippen molar-refractivity contribution < 1.29 is 40.1 Å². The Hall–Kier alpha value is -4.72. The number of nitrogens with one attached hydrogen (secondary N) is 2. The number of hydrogen-bond donors (Lipinski definition) is 2. The Balaban J connectivity index is 0.00000207. The molecule has 0 radical (unpaired) electrons. The van der Waals surface area contributed by atoms with Gasteiger partial charge in [-0.05, 0) is 68.8 Å². The second-order valence-corrected chi connectivity index (χ2v) is 15.6. The largest absolute Gasteiger partial charge is 0.419 e. The molecule has 12 nitrogen and oxygen atoms in total. The average Bonchev–Trinajstić information content (AvgIpc) is 3.66. The van der Waals surface area contributed by atoms with Gasteiger partial charge in [-0.2, -0.15) is 31.4 Å². The molecule has 2 unspecified atom stereocenters. The Bertz CT molecular complexity index is 1960. The molecule has 2 aliphatic rings. The van der Waals surface area contributed by atoms with Gasteiger partial charge in [0, 0.05) is 87.8 Å². The minimum absolute atomic E-state index is 0.104. The quantitative estimate of drug-likeness (QED) is 0.116. The number of piperazine rings is 1. The van der Waals surface area contributed by atoms with Gasteiger partial charge < -0.3 is 25.1 Å². The second kappa shape index (κ2) is 20.3. The van der Waals surface area contributed by atoms with Crippen LogP contribution >= 0.6 is 0 Å². The van der Waals surface area contributed by atoms with Crippen molar-refractivity contribution in [3.63, 3.8) is 0 Å². The van der Waals surface area contributed by atoms with Crippen molar-refractivity contribution in [2.24, 2.45) is 0 Å². The van der Waals surface area contributed by atoms with Crippen LogP contribution in [0.3, 0.4) is 0 Å². The van der Waals surface area contributed by atoms with E-state index in [9.17, 15) is 40.1 Å². The number of carbonyl (C=O) groups is 2. The van der Waals surface area contributed by atoms with Gasteiger partial charge in [0.1, 0.15) is 35.7 Å². The second-order valence-electron chi connectivity index (χ2n) is 14.1. The number of carbonyl (C=O) groups excluding carboxylic acids is 2. The van der Waals surface area contributed by atoms with Crippen molar-refractivity contribution >= 4 is 35.2 Å². The first-order chi connectivity index (χ1) is 27.7. The molecular weight excluding hydrogens is 789 g/mol. The van der Waals surface area contributed by atoms with Crippen molar-refractivity contribution in [3.05, 3.63) is 83.8 Å². The lowest BCUT2D eigenvalue weighted by Crippen LogP contribution is -2.46. The molecule has 19 heteroatoms. The molecule has 0 saturated carbocycles. The van der Waals surface area contributed by atoms with E-state index in [-0.39, 0.29) is 23.5 Å². The van der Waals surface area contributed by atoms with Crippen molar-refractivity contribution in [1.82, 2.24) is 34.3 Å². The number of rotatable bonds is 14. The summed E-state index contributed by atoms with van der Waals surface area (Å²) in [4.78, 5) is 35.4. The summed E-state index contributed by atoms with van der Waals surface area (Å²) in [7, 11) is 2.31. The summed E-state index contributed by atoms with van der Waals surface area (Å²) in [5.74, 6) is -0.394. The lowest BCUT2D eigenvalue weighted by molar-refractivity contribution is -0.142. The lowest BCUT2D eigenvalue weighted by atomic mass is 9.95. The number of piperidine rings is 1. The molecule has 0 spiro atoms. The monoisotopic (exact) mass is 835 g/mol. The van der Waals surface area contributed by atoms with Crippen LogP contribution in [-0.2, 0) is 39.8 Å². The summed E-state index contributed by atoms with van der Waals surface area (Å²) in [6, 6.07) is 15.4. The van der Waals surface area contributed by atoms with Crippen LogP contribution in [0.25, 0.3) is 11.3 Å². The minimum Gasteiger partial charge on any atom is -0.369 e. The molecule has 2 atom stereocenters.